The number of carbonyl (C=O) groups excluding carboxylic acids is 3. The van der Waals surface area contributed by atoms with Crippen molar-refractivity contribution < 1.29 is 33.3 Å². The lowest BCUT2D eigenvalue weighted by atomic mass is 9.72. The fourth-order valence-electron chi connectivity index (χ4n) is 13.0. The number of benzene rings is 6. The zero-order valence-corrected chi connectivity index (χ0v) is 58.4. The molecule has 13 rings (SSSR count). The molecule has 8 N–H and O–H groups in total. The number of para-hydroxylation sites is 3. The lowest BCUT2D eigenvalue weighted by Gasteiger charge is -2.43. The van der Waals surface area contributed by atoms with Crippen LogP contribution in [0.2, 0.25) is 0 Å². The van der Waals surface area contributed by atoms with Gasteiger partial charge in [-0.25, -0.2) is 15.0 Å². The molecule has 0 unspecified atom stereocenters. The van der Waals surface area contributed by atoms with Gasteiger partial charge in [0.25, 0.3) is 17.7 Å². The van der Waals surface area contributed by atoms with Crippen molar-refractivity contribution in [1.82, 2.24) is 59.7 Å². The number of aromatic nitrogens is 6. The molecule has 538 valence electrons. The van der Waals surface area contributed by atoms with E-state index in [9.17, 15) is 14.4 Å². The second kappa shape index (κ2) is 39.2. The number of guanidine groups is 1. The molecule has 7 heterocycles. The Hall–Kier alpha value is -10.9. The number of amides is 3. The van der Waals surface area contributed by atoms with E-state index in [1.54, 1.807) is 122 Å². The van der Waals surface area contributed by atoms with Crippen LogP contribution in [0, 0.1) is 10.8 Å². The number of nitrogens with zero attached hydrogens (tertiary/aromatic N) is 9. The van der Waals surface area contributed by atoms with Crippen LogP contribution in [0.5, 0.6) is 17.2 Å². The number of ether oxygens (including phenoxy) is 4. The van der Waals surface area contributed by atoms with E-state index in [2.05, 4.69) is 112 Å². The molecule has 0 bridgehead atoms. The average molecular weight is 1390 g/mol. The maximum Gasteiger partial charge on any atom is 0.255 e. The molecule has 0 radical (unpaired) electrons. The van der Waals surface area contributed by atoms with Crippen LogP contribution in [0.25, 0.3) is 0 Å². The third-order valence-corrected chi connectivity index (χ3v) is 19.0. The van der Waals surface area contributed by atoms with Gasteiger partial charge < -0.3 is 55.7 Å². The normalized spacial score (nSPS) is 15.5. The summed E-state index contributed by atoms with van der Waals surface area (Å²) in [6, 6.07) is 53.2. The van der Waals surface area contributed by atoms with E-state index in [1.165, 1.54) is 29.5 Å². The third kappa shape index (κ3) is 20.6. The van der Waals surface area contributed by atoms with E-state index in [0.29, 0.717) is 78.0 Å². The van der Waals surface area contributed by atoms with Crippen molar-refractivity contribution >= 4 is 35.6 Å². The summed E-state index contributed by atoms with van der Waals surface area (Å²) < 4.78 is 25.8. The number of nitrogens with two attached hydrogens (primary N) is 1. The first-order valence-electron chi connectivity index (χ1n) is 34.5. The highest BCUT2D eigenvalue weighted by Gasteiger charge is 2.40. The van der Waals surface area contributed by atoms with Gasteiger partial charge in [-0.1, -0.05) is 135 Å². The summed E-state index contributed by atoms with van der Waals surface area (Å²) in [4.78, 5) is 58.7. The molecule has 6 aromatic carbocycles. The molecule has 23 nitrogen and oxygen atoms in total. The topological polar surface area (TPSA) is 282 Å². The molecule has 0 spiro atoms. The Labute approximate surface area is 599 Å². The van der Waals surface area contributed by atoms with Crippen molar-refractivity contribution in [2.75, 3.05) is 100.0 Å². The van der Waals surface area contributed by atoms with E-state index in [0.717, 1.165) is 91.0 Å². The first-order valence-corrected chi connectivity index (χ1v) is 34.5. The molecule has 0 saturated carbocycles. The maximum absolute atomic E-state index is 12.9. The van der Waals surface area contributed by atoms with Crippen LogP contribution in [0.1, 0.15) is 113 Å². The van der Waals surface area contributed by atoms with Crippen LogP contribution < -0.4 is 41.2 Å². The molecular weight excluding hydrogens is 1280 g/mol. The predicted octanol–water partition coefficient (Wildman–Crippen LogP) is 10.5. The number of methoxy groups -OCH3 is 3. The Morgan fingerprint density at radius 1 is 0.490 bits per heavy atom. The second-order valence-electron chi connectivity index (χ2n) is 25.0. The molecule has 3 aromatic heterocycles. The van der Waals surface area contributed by atoms with E-state index < -0.39 is 0 Å². The van der Waals surface area contributed by atoms with Crippen molar-refractivity contribution in [3.8, 4) is 17.2 Å². The summed E-state index contributed by atoms with van der Waals surface area (Å²) in [5.74, 6) is 2.76. The molecule has 3 amide bonds. The summed E-state index contributed by atoms with van der Waals surface area (Å²) in [5.41, 5.74) is 11.2. The van der Waals surface area contributed by atoms with Crippen molar-refractivity contribution in [1.29, 1.82) is 10.8 Å². The van der Waals surface area contributed by atoms with Gasteiger partial charge in [0.15, 0.2) is 5.96 Å². The minimum atomic E-state index is -0.190. The highest BCUT2D eigenvalue weighted by atomic mass is 16.5. The number of nitrogens with one attached hydrogen (secondary N) is 6. The highest BCUT2D eigenvalue weighted by molar-refractivity contribution is 5.98. The molecule has 4 aliphatic rings. The fraction of sp³-hybridized carbons (Fsp3) is 0.354. The monoisotopic (exact) mass is 1380 g/mol. The van der Waals surface area contributed by atoms with E-state index in [4.69, 9.17) is 35.5 Å². The van der Waals surface area contributed by atoms with Crippen molar-refractivity contribution in [3.63, 3.8) is 0 Å². The number of carbonyl (C=O) groups is 3. The quantitative estimate of drug-likeness (QED) is 0.0350. The summed E-state index contributed by atoms with van der Waals surface area (Å²) in [5, 5.41) is 29.0. The number of piperidine rings is 3. The third-order valence-electron chi connectivity index (χ3n) is 19.0. The van der Waals surface area contributed by atoms with Gasteiger partial charge in [-0.05, 0) is 124 Å². The van der Waals surface area contributed by atoms with E-state index in [1.807, 2.05) is 79.7 Å². The number of rotatable bonds is 16. The maximum atomic E-state index is 12.9. The smallest absolute Gasteiger partial charge is 0.255 e. The molecule has 4 fully saturated rings. The predicted molar refractivity (Wildman–Crippen MR) is 401 cm³/mol. The summed E-state index contributed by atoms with van der Waals surface area (Å²) in [6.07, 6.45) is 23.0. The summed E-state index contributed by atoms with van der Waals surface area (Å²) in [7, 11) is 4.74. The largest absolute Gasteiger partial charge is 0.496 e. The van der Waals surface area contributed by atoms with Gasteiger partial charge in [0.2, 0.25) is 11.9 Å². The van der Waals surface area contributed by atoms with Gasteiger partial charge in [0, 0.05) is 119 Å². The minimum absolute atomic E-state index is 0. The molecule has 0 aliphatic carbocycles. The van der Waals surface area contributed by atoms with Crippen LogP contribution in [-0.4, -0.2) is 174 Å². The van der Waals surface area contributed by atoms with Crippen LogP contribution in [0.4, 0.5) is 0 Å². The van der Waals surface area contributed by atoms with Gasteiger partial charge in [0.05, 0.1) is 38.0 Å². The summed E-state index contributed by atoms with van der Waals surface area (Å²) >= 11 is 0. The molecule has 102 heavy (non-hydrogen) atoms. The number of imidazole rings is 3. The second-order valence-corrected chi connectivity index (χ2v) is 25.0. The molecule has 0 atom stereocenters. The molecular formula is C79H100N16O7. The number of likely N-dealkylation sites (tertiary alicyclic amines) is 2. The minimum Gasteiger partial charge on any atom is -0.496 e. The number of aliphatic imine (C=N–C) groups is 1. The van der Waals surface area contributed by atoms with E-state index in [-0.39, 0.29) is 41.4 Å². The number of hydrogen-bond acceptors (Lipinski definition) is 14. The lowest BCUT2D eigenvalue weighted by Crippen LogP contribution is -2.52. The molecule has 4 saturated heterocycles. The first-order chi connectivity index (χ1) is 49.3. The van der Waals surface area contributed by atoms with Gasteiger partial charge in [-0.3, -0.25) is 43.9 Å². The fourth-order valence-corrected chi connectivity index (χ4v) is 13.0. The van der Waals surface area contributed by atoms with Crippen molar-refractivity contribution in [2.45, 2.75) is 82.0 Å². The van der Waals surface area contributed by atoms with Gasteiger partial charge >= 0.3 is 0 Å². The van der Waals surface area contributed by atoms with Crippen LogP contribution in [-0.2, 0) is 21.0 Å². The van der Waals surface area contributed by atoms with Crippen LogP contribution in [0.15, 0.2) is 225 Å². The Morgan fingerprint density at radius 3 is 1.13 bits per heavy atom. The SMILES string of the molecule is C.C1CCOC1.CCN=C(N)N1CCC(CNC(=O)c2ccccc2OC)(c2ccccc2)CC1.COc1ccccc1C(=O)NCC1(c2ccccc2)CCN(C(=N)n2ccnc2)CC1.COc1ccccc1C(=O)NCC1(c2ccccc2)CCNCC1.N=C(n1ccnc1)n1ccnc1. The summed E-state index contributed by atoms with van der Waals surface area (Å²) in [6.45, 7) is 11.4. The molecule has 9 aromatic rings. The Morgan fingerprint density at radius 2 is 0.814 bits per heavy atom. The van der Waals surface area contributed by atoms with E-state index >= 15 is 0 Å². The van der Waals surface area contributed by atoms with Crippen LogP contribution in [0.3, 0.4) is 0 Å². The van der Waals surface area contributed by atoms with Crippen molar-refractivity contribution in [3.05, 3.63) is 253 Å². The lowest BCUT2D eigenvalue weighted by molar-refractivity contribution is 0.0921. The molecule has 23 heteroatoms. The average Bonchev–Trinajstić information content (AvgIpc) is 0.933. The Kier molecular flexibility index (Phi) is 29.5. The van der Waals surface area contributed by atoms with Gasteiger partial charge in [0.1, 0.15) is 36.2 Å². The number of hydrogen-bond donors (Lipinski definition) is 7. The zero-order chi connectivity index (χ0) is 71.1. The van der Waals surface area contributed by atoms with Crippen LogP contribution >= 0.6 is 0 Å². The first kappa shape index (κ1) is 76.8. The van der Waals surface area contributed by atoms with Crippen molar-refractivity contribution in [2.24, 2.45) is 10.7 Å². The zero-order valence-electron chi connectivity index (χ0n) is 58.4. The Bertz CT molecular complexity index is 3950. The highest BCUT2D eigenvalue weighted by Crippen LogP contribution is 2.38. The Balaban J connectivity index is 0.000000174. The molecule has 4 aliphatic heterocycles. The van der Waals surface area contributed by atoms with Gasteiger partial charge in [-0.2, -0.15) is 0 Å². The van der Waals surface area contributed by atoms with Gasteiger partial charge in [-0.15, -0.1) is 0 Å². The standard InChI is InChI=1S/C24H27N5O2.C23H30N4O2.C20H24N2O2.C7H7N5.C4H8O.CH4/c1-31-21-10-6-5-9-20(21)22(30)27-17-24(19-7-3-2-4-8-19)11-14-28(15-12-24)23(25)29-16-13-26-18-29;1-3-25-22(24)27-15-13-23(14-16-27,18-9-5-4-6-10-18)17-26-21(28)19-11-7-8-12-20(19)29-2;1-24-18-10-6-5-9-17(18)19(23)22-15-20(11-13-21-14-12-20)16-7-3-2-4-8-16;8-7(11-3-1-9-5-11)12-4-2-10-6-12;1-2-4-5-3-1;/h2-10,13,16,18,25H,11-12,14-15,17H2,1H3,(H,27,30);4-12H,3,13-17H2,1-2H3,(H2,24,25)(H,26,28);2-10,21H,11-15H2,1H3,(H,22,23);1-6,8H;1-4H2;1H4.